The normalized spacial score (nSPS) is 10.6. The van der Waals surface area contributed by atoms with Crippen molar-refractivity contribution in [1.29, 1.82) is 0 Å². The first-order valence-electron chi connectivity index (χ1n) is 3.79. The lowest BCUT2D eigenvalue weighted by molar-refractivity contribution is 0.112. The van der Waals surface area contributed by atoms with Crippen LogP contribution in [0.4, 0.5) is 4.39 Å². The van der Waals surface area contributed by atoms with Gasteiger partial charge in [0.25, 0.3) is 0 Å². The Balaban J connectivity index is 3.01. The zero-order valence-corrected chi connectivity index (χ0v) is 7.80. The molecule has 0 saturated carbocycles. The number of carbonyl (C=O) groups is 1. The lowest BCUT2D eigenvalue weighted by Crippen LogP contribution is -1.84. The zero-order chi connectivity index (χ0) is 9.68. The molecule has 3 heteroatoms. The van der Waals surface area contributed by atoms with Crippen LogP contribution >= 0.6 is 12.6 Å². The zero-order valence-electron chi connectivity index (χ0n) is 6.90. The Morgan fingerprint density at radius 2 is 2.00 bits per heavy atom. The van der Waals surface area contributed by atoms with Crippen molar-refractivity contribution in [3.63, 3.8) is 0 Å². The molecule has 0 aromatic heterocycles. The van der Waals surface area contributed by atoms with Crippen LogP contribution in [-0.4, -0.2) is 12.0 Å². The van der Waals surface area contributed by atoms with E-state index < -0.39 is 5.82 Å². The number of hydrogen-bond acceptors (Lipinski definition) is 2. The van der Waals surface area contributed by atoms with Gasteiger partial charge in [0.1, 0.15) is 12.1 Å². The number of hydrogen-bond donors (Lipinski definition) is 1. The highest BCUT2D eigenvalue weighted by molar-refractivity contribution is 7.80. The molecule has 1 nitrogen and oxygen atoms in total. The maximum Gasteiger partial charge on any atom is 0.150 e. The third kappa shape index (κ3) is 3.03. The summed E-state index contributed by atoms with van der Waals surface area (Å²) in [4.78, 5) is 10.4. The van der Waals surface area contributed by atoms with Crippen molar-refractivity contribution in [3.05, 3.63) is 41.2 Å². The molecule has 0 heterocycles. The van der Waals surface area contributed by atoms with Gasteiger partial charge in [-0.2, -0.15) is 12.6 Å². The van der Waals surface area contributed by atoms with Crippen molar-refractivity contribution in [2.75, 3.05) is 5.75 Å². The summed E-state index contributed by atoms with van der Waals surface area (Å²) in [5, 5.41) is 0. The van der Waals surface area contributed by atoms with E-state index in [1.165, 1.54) is 12.1 Å². The summed E-state index contributed by atoms with van der Waals surface area (Å²) >= 11 is 3.98. The lowest BCUT2D eigenvalue weighted by atomic mass is 10.1. The number of carbonyl (C=O) groups excluding carboxylic acids is 1. The van der Waals surface area contributed by atoms with Crippen LogP contribution in [0.3, 0.4) is 0 Å². The van der Waals surface area contributed by atoms with E-state index in [0.29, 0.717) is 23.2 Å². The second-order valence-corrected chi connectivity index (χ2v) is 2.89. The third-order valence-electron chi connectivity index (χ3n) is 1.49. The Hall–Kier alpha value is -1.09. The predicted molar refractivity (Wildman–Crippen MR) is 54.7 cm³/mol. The molecule has 0 N–H and O–H groups in total. The van der Waals surface area contributed by atoms with E-state index in [1.807, 2.05) is 0 Å². The van der Waals surface area contributed by atoms with Crippen LogP contribution < -0.4 is 0 Å². The molecule has 0 spiro atoms. The Morgan fingerprint density at radius 3 is 2.62 bits per heavy atom. The minimum atomic E-state index is -0.400. The summed E-state index contributed by atoms with van der Waals surface area (Å²) < 4.78 is 12.8. The average molecular weight is 196 g/mol. The average Bonchev–Trinajstić information content (AvgIpc) is 2.14. The molecule has 0 aliphatic heterocycles. The Kier molecular flexibility index (Phi) is 3.71. The van der Waals surface area contributed by atoms with Crippen molar-refractivity contribution >= 4 is 25.0 Å². The third-order valence-corrected chi connectivity index (χ3v) is 1.71. The molecule has 68 valence electrons. The Labute approximate surface area is 81.7 Å². The van der Waals surface area contributed by atoms with Gasteiger partial charge in [-0.25, -0.2) is 4.39 Å². The topological polar surface area (TPSA) is 17.1 Å². The Bertz CT molecular complexity index is 334. The van der Waals surface area contributed by atoms with Crippen LogP contribution in [0.25, 0.3) is 6.08 Å². The van der Waals surface area contributed by atoms with Crippen LogP contribution in [0.2, 0.25) is 0 Å². The van der Waals surface area contributed by atoms with Gasteiger partial charge in [0.05, 0.1) is 0 Å². The number of halogens is 1. The molecule has 1 aromatic rings. The smallest absolute Gasteiger partial charge is 0.150 e. The van der Waals surface area contributed by atoms with Crippen LogP contribution in [0.15, 0.2) is 24.3 Å². The predicted octanol–water partition coefficient (Wildman–Crippen LogP) is 2.58. The van der Waals surface area contributed by atoms with Gasteiger partial charge in [0, 0.05) is 11.3 Å². The summed E-state index contributed by atoms with van der Waals surface area (Å²) in [6, 6.07) is 4.19. The fourth-order valence-electron chi connectivity index (χ4n) is 0.989. The molecule has 0 aliphatic carbocycles. The fraction of sp³-hybridized carbons (Fsp3) is 0.100. The number of aldehydes is 1. The summed E-state index contributed by atoms with van der Waals surface area (Å²) in [7, 11) is 0. The lowest BCUT2D eigenvalue weighted by Gasteiger charge is -1.95. The second-order valence-electron chi connectivity index (χ2n) is 2.52. The molecule has 1 aromatic carbocycles. The number of benzene rings is 1. The van der Waals surface area contributed by atoms with Crippen molar-refractivity contribution < 1.29 is 9.18 Å². The molecule has 1 rings (SSSR count). The molecule has 13 heavy (non-hydrogen) atoms. The molecular weight excluding hydrogens is 187 g/mol. The first kappa shape index (κ1) is 9.99. The van der Waals surface area contributed by atoms with Gasteiger partial charge in [0.2, 0.25) is 0 Å². The highest BCUT2D eigenvalue weighted by Crippen LogP contribution is 2.09. The van der Waals surface area contributed by atoms with Crippen molar-refractivity contribution in [3.8, 4) is 0 Å². The van der Waals surface area contributed by atoms with Crippen molar-refractivity contribution in [2.24, 2.45) is 0 Å². The van der Waals surface area contributed by atoms with Gasteiger partial charge in [0.15, 0.2) is 0 Å². The van der Waals surface area contributed by atoms with Gasteiger partial charge >= 0.3 is 0 Å². The highest BCUT2D eigenvalue weighted by Gasteiger charge is 1.96. The van der Waals surface area contributed by atoms with Crippen LogP contribution in [0.1, 0.15) is 15.9 Å². The maximum absolute atomic E-state index is 12.8. The van der Waals surface area contributed by atoms with Crippen LogP contribution in [0.5, 0.6) is 0 Å². The molecule has 0 unspecified atom stereocenters. The largest absolute Gasteiger partial charge is 0.298 e. The number of thiol groups is 1. The van der Waals surface area contributed by atoms with Gasteiger partial charge in [-0.1, -0.05) is 12.2 Å². The molecule has 0 amide bonds. The molecule has 0 saturated heterocycles. The van der Waals surface area contributed by atoms with Gasteiger partial charge in [-0.05, 0) is 23.8 Å². The standard InChI is InChI=1S/C10H9FOS/c11-10-5-8(2-1-3-13)4-9(6-10)7-12/h1-2,4-7,13H,3H2. The Morgan fingerprint density at radius 1 is 1.31 bits per heavy atom. The molecule has 0 fully saturated rings. The molecule has 0 radical (unpaired) electrons. The molecular formula is C10H9FOS. The summed E-state index contributed by atoms with van der Waals surface area (Å²) in [6.07, 6.45) is 4.14. The van der Waals surface area contributed by atoms with Gasteiger partial charge in [-0.15, -0.1) is 0 Å². The van der Waals surface area contributed by atoms with Gasteiger partial charge in [-0.3, -0.25) is 4.79 Å². The number of rotatable bonds is 3. The molecule has 0 aliphatic rings. The first-order valence-corrected chi connectivity index (χ1v) is 4.42. The van der Waals surface area contributed by atoms with E-state index in [-0.39, 0.29) is 0 Å². The quantitative estimate of drug-likeness (QED) is 0.581. The van der Waals surface area contributed by atoms with Crippen molar-refractivity contribution in [1.82, 2.24) is 0 Å². The van der Waals surface area contributed by atoms with E-state index in [4.69, 9.17) is 0 Å². The summed E-state index contributed by atoms with van der Waals surface area (Å²) in [6.45, 7) is 0. The maximum atomic E-state index is 12.8. The van der Waals surface area contributed by atoms with Gasteiger partial charge < -0.3 is 0 Å². The second kappa shape index (κ2) is 4.82. The van der Waals surface area contributed by atoms with E-state index in [1.54, 1.807) is 18.2 Å². The van der Waals surface area contributed by atoms with E-state index in [2.05, 4.69) is 12.6 Å². The van der Waals surface area contributed by atoms with Crippen LogP contribution in [-0.2, 0) is 0 Å². The monoisotopic (exact) mass is 196 g/mol. The minimum Gasteiger partial charge on any atom is -0.298 e. The SMILES string of the molecule is O=Cc1cc(F)cc(C=CCS)c1. The first-order chi connectivity index (χ1) is 6.26. The minimum absolute atomic E-state index is 0.346. The van der Waals surface area contributed by atoms with Crippen molar-refractivity contribution in [2.45, 2.75) is 0 Å². The highest BCUT2D eigenvalue weighted by atomic mass is 32.1. The van der Waals surface area contributed by atoms with E-state index in [9.17, 15) is 9.18 Å². The summed E-state index contributed by atoms with van der Waals surface area (Å²) in [5.74, 6) is 0.191. The molecule has 0 bridgehead atoms. The molecule has 0 atom stereocenters. The van der Waals surface area contributed by atoms with E-state index in [0.717, 1.165) is 0 Å². The fourth-order valence-corrected chi connectivity index (χ4v) is 1.09. The summed E-state index contributed by atoms with van der Waals surface area (Å²) in [5.41, 5.74) is 1.02. The van der Waals surface area contributed by atoms with Crippen LogP contribution in [0, 0.1) is 5.82 Å². The van der Waals surface area contributed by atoms with E-state index >= 15 is 0 Å².